The van der Waals surface area contributed by atoms with Crippen LogP contribution in [0.1, 0.15) is 16.8 Å². The van der Waals surface area contributed by atoms with Crippen LogP contribution in [0, 0.1) is 5.21 Å². The Morgan fingerprint density at radius 3 is 2.83 bits per heavy atom. The number of ether oxygens (including phenoxy) is 2. The second-order valence-corrected chi connectivity index (χ2v) is 5.15. The number of carbonyl (C=O) groups is 1. The second-order valence-electron chi connectivity index (χ2n) is 5.15. The smallest absolute Gasteiger partial charge is 0.260 e. The number of carbonyl (C=O) groups excluding carboxylic acids is 1. The van der Waals surface area contributed by atoms with Gasteiger partial charge in [-0.25, -0.2) is 0 Å². The van der Waals surface area contributed by atoms with Gasteiger partial charge in [0.1, 0.15) is 11.7 Å². The van der Waals surface area contributed by atoms with Gasteiger partial charge in [-0.05, 0) is 6.07 Å². The Balaban J connectivity index is 1.60. The summed E-state index contributed by atoms with van der Waals surface area (Å²) in [6.07, 6.45) is 3.16. The van der Waals surface area contributed by atoms with Gasteiger partial charge in [0.2, 0.25) is 11.8 Å². The quantitative estimate of drug-likeness (QED) is 0.599. The average molecular weight is 316 g/mol. The van der Waals surface area contributed by atoms with Crippen molar-refractivity contribution in [1.29, 1.82) is 0 Å². The van der Waals surface area contributed by atoms with Gasteiger partial charge in [0.05, 0.1) is 13.7 Å². The van der Waals surface area contributed by atoms with E-state index < -0.39 is 0 Å². The zero-order valence-electron chi connectivity index (χ0n) is 12.6. The molecule has 2 aromatic heterocycles. The van der Waals surface area contributed by atoms with Crippen molar-refractivity contribution in [3.8, 4) is 11.8 Å². The van der Waals surface area contributed by atoms with Crippen LogP contribution in [0.4, 0.5) is 0 Å². The summed E-state index contributed by atoms with van der Waals surface area (Å²) in [5.74, 6) is 0.625. The Labute approximate surface area is 132 Å². The second kappa shape index (κ2) is 6.47. The first-order valence-corrected chi connectivity index (χ1v) is 7.18. The Morgan fingerprint density at radius 2 is 2.13 bits per heavy atom. The number of methoxy groups -OCH3 is 1. The third kappa shape index (κ3) is 3.47. The molecule has 2 aromatic rings. The van der Waals surface area contributed by atoms with Gasteiger partial charge < -0.3 is 19.6 Å². The highest BCUT2D eigenvalue weighted by Gasteiger charge is 2.29. The lowest BCUT2D eigenvalue weighted by Crippen LogP contribution is -2.33. The van der Waals surface area contributed by atoms with Crippen LogP contribution in [0.3, 0.4) is 0 Å². The lowest BCUT2D eigenvalue weighted by Gasteiger charge is -2.16. The number of pyridine rings is 1. The van der Waals surface area contributed by atoms with Crippen LogP contribution in [-0.2, 0) is 0 Å². The maximum Gasteiger partial charge on any atom is 0.260 e. The molecule has 1 fully saturated rings. The van der Waals surface area contributed by atoms with Crippen molar-refractivity contribution in [3.05, 3.63) is 47.4 Å². The van der Waals surface area contributed by atoms with Gasteiger partial charge >= 0.3 is 0 Å². The molecule has 0 N–H and O–H groups in total. The van der Waals surface area contributed by atoms with Crippen molar-refractivity contribution < 1.29 is 19.0 Å². The first-order valence-electron chi connectivity index (χ1n) is 7.18. The molecule has 3 rings (SSSR count). The monoisotopic (exact) mass is 316 g/mol. The summed E-state index contributed by atoms with van der Waals surface area (Å²) in [4.78, 5) is 14.0. The number of aromatic nitrogens is 3. The van der Waals surface area contributed by atoms with Crippen molar-refractivity contribution in [1.82, 2.24) is 15.1 Å². The molecule has 1 aliphatic heterocycles. The molecular formula is C15H16N4O4. The van der Waals surface area contributed by atoms with E-state index in [4.69, 9.17) is 9.47 Å². The maximum atomic E-state index is 12.4. The van der Waals surface area contributed by atoms with Gasteiger partial charge in [-0.15, -0.1) is 10.2 Å². The van der Waals surface area contributed by atoms with Gasteiger partial charge in [0.25, 0.3) is 5.91 Å². The van der Waals surface area contributed by atoms with Crippen molar-refractivity contribution in [2.45, 2.75) is 12.5 Å². The zero-order valence-corrected chi connectivity index (χ0v) is 12.6. The molecule has 8 heteroatoms. The number of nitrogens with zero attached hydrogens (tertiary/aromatic N) is 4. The Morgan fingerprint density at radius 1 is 1.35 bits per heavy atom. The van der Waals surface area contributed by atoms with Gasteiger partial charge in [0.15, 0.2) is 12.4 Å². The standard InChI is InChI=1S/C15H16N4O4/c1-22-13-4-5-14(17-16-13)23-12-6-8-18(10-12)15(20)11-3-2-7-19(21)9-11/h2-5,7,9,12H,6,8,10H2,1H3. The van der Waals surface area contributed by atoms with E-state index in [1.165, 1.54) is 19.5 Å². The molecular weight excluding hydrogens is 300 g/mol. The molecule has 1 amide bonds. The third-order valence-corrected chi connectivity index (χ3v) is 3.57. The van der Waals surface area contributed by atoms with Crippen molar-refractivity contribution >= 4 is 5.91 Å². The Bertz CT molecular complexity index is 692. The fourth-order valence-corrected chi connectivity index (χ4v) is 2.42. The molecule has 0 saturated carbocycles. The van der Waals surface area contributed by atoms with Crippen LogP contribution in [0.2, 0.25) is 0 Å². The maximum absolute atomic E-state index is 12.4. The van der Waals surface area contributed by atoms with Crippen molar-refractivity contribution in [3.63, 3.8) is 0 Å². The summed E-state index contributed by atoms with van der Waals surface area (Å²) in [5.41, 5.74) is 0.368. The molecule has 0 radical (unpaired) electrons. The molecule has 3 heterocycles. The van der Waals surface area contributed by atoms with Crippen LogP contribution in [0.15, 0.2) is 36.7 Å². The lowest BCUT2D eigenvalue weighted by molar-refractivity contribution is -0.605. The summed E-state index contributed by atoms with van der Waals surface area (Å²) in [5, 5.41) is 19.0. The molecule has 1 unspecified atom stereocenters. The van der Waals surface area contributed by atoms with Crippen LogP contribution in [-0.4, -0.2) is 47.3 Å². The molecule has 8 nitrogen and oxygen atoms in total. The molecule has 1 saturated heterocycles. The average Bonchev–Trinajstić information content (AvgIpc) is 3.03. The van der Waals surface area contributed by atoms with Crippen molar-refractivity contribution in [2.24, 2.45) is 0 Å². The minimum Gasteiger partial charge on any atom is -0.619 e. The summed E-state index contributed by atoms with van der Waals surface area (Å²) in [6, 6.07) is 6.52. The van der Waals surface area contributed by atoms with E-state index in [-0.39, 0.29) is 12.0 Å². The lowest BCUT2D eigenvalue weighted by atomic mass is 10.2. The third-order valence-electron chi connectivity index (χ3n) is 3.57. The molecule has 0 spiro atoms. The van der Waals surface area contributed by atoms with Crippen LogP contribution in [0.5, 0.6) is 11.8 Å². The minimum atomic E-state index is -0.179. The van der Waals surface area contributed by atoms with Crippen LogP contribution in [0.25, 0.3) is 0 Å². The van der Waals surface area contributed by atoms with E-state index in [9.17, 15) is 10.0 Å². The predicted octanol–water partition coefficient (Wildman–Crippen LogP) is 0.412. The predicted molar refractivity (Wildman–Crippen MR) is 78.9 cm³/mol. The normalized spacial score (nSPS) is 17.1. The van der Waals surface area contributed by atoms with Crippen molar-refractivity contribution in [2.75, 3.05) is 20.2 Å². The van der Waals surface area contributed by atoms with Gasteiger partial charge in [0, 0.05) is 31.2 Å². The highest BCUT2D eigenvalue weighted by molar-refractivity contribution is 5.93. The summed E-state index contributed by atoms with van der Waals surface area (Å²) < 4.78 is 11.3. The molecule has 0 aliphatic carbocycles. The molecule has 0 bridgehead atoms. The highest BCUT2D eigenvalue weighted by Crippen LogP contribution is 2.18. The zero-order chi connectivity index (χ0) is 16.2. The van der Waals surface area contributed by atoms with Gasteiger partial charge in [-0.2, -0.15) is 4.73 Å². The number of amides is 1. The number of rotatable bonds is 4. The van der Waals surface area contributed by atoms with Gasteiger partial charge in [-0.1, -0.05) is 0 Å². The van der Waals surface area contributed by atoms with E-state index >= 15 is 0 Å². The van der Waals surface area contributed by atoms with E-state index in [1.807, 2.05) is 0 Å². The Hall–Kier alpha value is -2.90. The number of hydrogen-bond donors (Lipinski definition) is 0. The number of likely N-dealkylation sites (tertiary alicyclic amines) is 1. The summed E-state index contributed by atoms with van der Waals surface area (Å²) in [7, 11) is 1.51. The minimum absolute atomic E-state index is 0.148. The van der Waals surface area contributed by atoms with E-state index in [2.05, 4.69) is 10.2 Å². The molecule has 23 heavy (non-hydrogen) atoms. The van der Waals surface area contributed by atoms with Gasteiger partial charge in [-0.3, -0.25) is 4.79 Å². The molecule has 1 aliphatic rings. The molecule has 0 aromatic carbocycles. The largest absolute Gasteiger partial charge is 0.619 e. The molecule has 120 valence electrons. The summed E-state index contributed by atoms with van der Waals surface area (Å²) in [6.45, 7) is 1.02. The van der Waals surface area contributed by atoms with E-state index in [0.29, 0.717) is 41.6 Å². The highest BCUT2D eigenvalue weighted by atomic mass is 16.5. The summed E-state index contributed by atoms with van der Waals surface area (Å²) >= 11 is 0. The number of hydrogen-bond acceptors (Lipinski definition) is 6. The van der Waals surface area contributed by atoms with E-state index in [0.717, 1.165) is 0 Å². The van der Waals surface area contributed by atoms with Crippen LogP contribution < -0.4 is 14.2 Å². The SMILES string of the molecule is COc1ccc(OC2CCN(C(=O)c3ccc[n+]([O-])c3)C2)nn1. The topological polar surface area (TPSA) is 91.5 Å². The first kappa shape index (κ1) is 15.0. The molecule has 1 atom stereocenters. The Kier molecular flexibility index (Phi) is 4.22. The fraction of sp³-hybridized carbons (Fsp3) is 0.333. The van der Waals surface area contributed by atoms with E-state index in [1.54, 1.807) is 29.2 Å². The first-order chi connectivity index (χ1) is 11.2. The van der Waals surface area contributed by atoms with Crippen LogP contribution >= 0.6 is 0 Å². The fourth-order valence-electron chi connectivity index (χ4n) is 2.42.